The van der Waals surface area contributed by atoms with Crippen LogP contribution in [0.25, 0.3) is 0 Å². The molecule has 7 heteroatoms. The molecule has 2 aromatic heterocycles. The minimum Gasteiger partial charge on any atom is -0.321 e. The Morgan fingerprint density at radius 1 is 1.29 bits per heavy atom. The van der Waals surface area contributed by atoms with Gasteiger partial charge in [0, 0.05) is 37.0 Å². The van der Waals surface area contributed by atoms with Gasteiger partial charge in [0.2, 0.25) is 0 Å². The van der Waals surface area contributed by atoms with Gasteiger partial charge in [-0.1, -0.05) is 12.1 Å². The molecule has 3 heterocycles. The quantitative estimate of drug-likeness (QED) is 0.798. The Balaban J connectivity index is 1.51. The molecule has 0 unspecified atom stereocenters. The summed E-state index contributed by atoms with van der Waals surface area (Å²) in [6.07, 6.45) is 8.22. The topological polar surface area (TPSA) is 85.6 Å². The highest BCUT2D eigenvalue weighted by molar-refractivity contribution is 6.02. The van der Waals surface area contributed by atoms with Crippen molar-refractivity contribution in [1.29, 1.82) is 0 Å². The van der Waals surface area contributed by atoms with E-state index in [4.69, 9.17) is 0 Å². The number of carbonyl (C=O) groups is 1. The summed E-state index contributed by atoms with van der Waals surface area (Å²) in [6.45, 7) is 0.865. The van der Waals surface area contributed by atoms with Crippen LogP contribution in [0.4, 0.5) is 5.69 Å². The standard InChI is InChI=1S/C17H16N6O/c24-17(15-9-18-6-7-19-15)21-14-3-1-2-12(8-14)13-4-5-16-22-20-11-23(16)10-13/h1-3,6-9,11,13H,4-5,10H2,(H,21,24)/t13-/m1/s1. The van der Waals surface area contributed by atoms with Crippen LogP contribution in [-0.2, 0) is 13.0 Å². The molecule has 24 heavy (non-hydrogen) atoms. The van der Waals surface area contributed by atoms with E-state index in [1.165, 1.54) is 18.0 Å². The second-order valence-electron chi connectivity index (χ2n) is 5.81. The number of aryl methyl sites for hydroxylation is 1. The summed E-state index contributed by atoms with van der Waals surface area (Å²) in [5.74, 6) is 1.17. The third kappa shape index (κ3) is 2.88. The molecule has 0 radical (unpaired) electrons. The molecule has 1 atom stereocenters. The van der Waals surface area contributed by atoms with Crippen LogP contribution in [-0.4, -0.2) is 30.6 Å². The number of nitrogens with zero attached hydrogens (tertiary/aromatic N) is 5. The zero-order valence-corrected chi connectivity index (χ0v) is 13.0. The minimum absolute atomic E-state index is 0.259. The number of aromatic nitrogens is 5. The maximum Gasteiger partial charge on any atom is 0.275 e. The van der Waals surface area contributed by atoms with Gasteiger partial charge in [-0.25, -0.2) is 4.98 Å². The first-order chi connectivity index (χ1) is 11.8. The lowest BCUT2D eigenvalue weighted by atomic mass is 9.91. The van der Waals surface area contributed by atoms with Crippen LogP contribution >= 0.6 is 0 Å². The third-order valence-electron chi connectivity index (χ3n) is 4.24. The first-order valence-corrected chi connectivity index (χ1v) is 7.83. The first kappa shape index (κ1) is 14.5. The van der Waals surface area contributed by atoms with E-state index >= 15 is 0 Å². The molecule has 1 N–H and O–H groups in total. The van der Waals surface area contributed by atoms with E-state index in [9.17, 15) is 4.79 Å². The SMILES string of the molecule is O=C(Nc1cccc([C@@H]2CCc3nncn3C2)c1)c1cnccn1. The van der Waals surface area contributed by atoms with Gasteiger partial charge in [0.1, 0.15) is 17.8 Å². The fourth-order valence-corrected chi connectivity index (χ4v) is 3.01. The molecule has 1 aliphatic rings. The lowest BCUT2D eigenvalue weighted by molar-refractivity contribution is 0.102. The smallest absolute Gasteiger partial charge is 0.275 e. The molecule has 3 aromatic rings. The summed E-state index contributed by atoms with van der Waals surface area (Å²) < 4.78 is 2.10. The number of amides is 1. The average Bonchev–Trinajstić information content (AvgIpc) is 3.10. The van der Waals surface area contributed by atoms with Crippen molar-refractivity contribution in [2.24, 2.45) is 0 Å². The molecule has 0 saturated heterocycles. The predicted molar refractivity (Wildman–Crippen MR) is 87.5 cm³/mol. The summed E-state index contributed by atoms with van der Waals surface area (Å²) in [6, 6.07) is 7.96. The zero-order valence-electron chi connectivity index (χ0n) is 13.0. The molecule has 4 rings (SSSR count). The van der Waals surface area contributed by atoms with Gasteiger partial charge < -0.3 is 9.88 Å². The molecular weight excluding hydrogens is 304 g/mol. The van der Waals surface area contributed by atoms with Crippen LogP contribution in [0.3, 0.4) is 0 Å². The van der Waals surface area contributed by atoms with E-state index < -0.39 is 0 Å². The first-order valence-electron chi connectivity index (χ1n) is 7.83. The molecule has 1 amide bonds. The number of hydrogen-bond acceptors (Lipinski definition) is 5. The molecule has 120 valence electrons. The average molecular weight is 320 g/mol. The summed E-state index contributed by atoms with van der Waals surface area (Å²) in [5, 5.41) is 11.0. The fourth-order valence-electron chi connectivity index (χ4n) is 3.01. The Labute approximate surface area is 138 Å². The van der Waals surface area contributed by atoms with Crippen LogP contribution in [0.2, 0.25) is 0 Å². The maximum absolute atomic E-state index is 12.2. The molecule has 0 fully saturated rings. The monoisotopic (exact) mass is 320 g/mol. The number of hydrogen-bond donors (Lipinski definition) is 1. The van der Waals surface area contributed by atoms with E-state index in [1.54, 1.807) is 12.5 Å². The minimum atomic E-state index is -0.259. The third-order valence-corrected chi connectivity index (χ3v) is 4.24. The fraction of sp³-hybridized carbons (Fsp3) is 0.235. The molecular formula is C17H16N6O. The summed E-state index contributed by atoms with van der Waals surface area (Å²) in [4.78, 5) is 20.1. The zero-order chi connectivity index (χ0) is 16.4. The lowest BCUT2D eigenvalue weighted by Gasteiger charge is -2.23. The number of fused-ring (bicyclic) bond motifs is 1. The van der Waals surface area contributed by atoms with Gasteiger partial charge in [-0.2, -0.15) is 0 Å². The molecule has 0 saturated carbocycles. The number of benzene rings is 1. The van der Waals surface area contributed by atoms with E-state index in [2.05, 4.69) is 36.1 Å². The van der Waals surface area contributed by atoms with Crippen LogP contribution in [0.5, 0.6) is 0 Å². The molecule has 0 bridgehead atoms. The van der Waals surface area contributed by atoms with Gasteiger partial charge >= 0.3 is 0 Å². The Hall–Kier alpha value is -3.09. The molecule has 1 aliphatic heterocycles. The van der Waals surface area contributed by atoms with E-state index in [-0.39, 0.29) is 5.91 Å². The predicted octanol–water partition coefficient (Wildman–Crippen LogP) is 2.05. The van der Waals surface area contributed by atoms with Crippen molar-refractivity contribution in [2.75, 3.05) is 5.32 Å². The van der Waals surface area contributed by atoms with Gasteiger partial charge in [0.25, 0.3) is 5.91 Å². The number of nitrogens with one attached hydrogen (secondary N) is 1. The molecule has 7 nitrogen and oxygen atoms in total. The van der Waals surface area contributed by atoms with E-state index in [0.717, 1.165) is 30.9 Å². The van der Waals surface area contributed by atoms with Crippen LogP contribution in [0, 0.1) is 0 Å². The van der Waals surface area contributed by atoms with Gasteiger partial charge in [-0.05, 0) is 24.1 Å². The number of rotatable bonds is 3. The van der Waals surface area contributed by atoms with Crippen molar-refractivity contribution in [3.8, 4) is 0 Å². The van der Waals surface area contributed by atoms with Crippen molar-refractivity contribution in [1.82, 2.24) is 24.7 Å². The molecule has 0 spiro atoms. The van der Waals surface area contributed by atoms with Gasteiger partial charge in [-0.3, -0.25) is 9.78 Å². The highest BCUT2D eigenvalue weighted by atomic mass is 16.1. The largest absolute Gasteiger partial charge is 0.321 e. The highest BCUT2D eigenvalue weighted by Gasteiger charge is 2.21. The Morgan fingerprint density at radius 3 is 3.12 bits per heavy atom. The Morgan fingerprint density at radius 2 is 2.25 bits per heavy atom. The van der Waals surface area contributed by atoms with Gasteiger partial charge in [0.05, 0.1) is 6.20 Å². The Bertz CT molecular complexity index is 860. The summed E-state index contributed by atoms with van der Waals surface area (Å²) in [7, 11) is 0. The second-order valence-corrected chi connectivity index (χ2v) is 5.81. The molecule has 0 aliphatic carbocycles. The lowest BCUT2D eigenvalue weighted by Crippen LogP contribution is -2.19. The van der Waals surface area contributed by atoms with Gasteiger partial charge in [0.15, 0.2) is 0 Å². The summed E-state index contributed by atoms with van der Waals surface area (Å²) in [5.41, 5.74) is 2.26. The summed E-state index contributed by atoms with van der Waals surface area (Å²) >= 11 is 0. The van der Waals surface area contributed by atoms with Crippen molar-refractivity contribution in [3.05, 3.63) is 66.3 Å². The number of anilines is 1. The second kappa shape index (κ2) is 6.19. The van der Waals surface area contributed by atoms with Crippen LogP contribution in [0.15, 0.2) is 49.2 Å². The van der Waals surface area contributed by atoms with Gasteiger partial charge in [-0.15, -0.1) is 10.2 Å². The van der Waals surface area contributed by atoms with E-state index in [1.807, 2.05) is 18.2 Å². The van der Waals surface area contributed by atoms with Crippen LogP contribution < -0.4 is 5.32 Å². The highest BCUT2D eigenvalue weighted by Crippen LogP contribution is 2.29. The molecule has 1 aromatic carbocycles. The van der Waals surface area contributed by atoms with E-state index in [0.29, 0.717) is 11.6 Å². The van der Waals surface area contributed by atoms with Crippen molar-refractivity contribution < 1.29 is 4.79 Å². The maximum atomic E-state index is 12.2. The van der Waals surface area contributed by atoms with Crippen molar-refractivity contribution in [3.63, 3.8) is 0 Å². The van der Waals surface area contributed by atoms with Crippen molar-refractivity contribution >= 4 is 11.6 Å². The normalized spacial score (nSPS) is 16.4. The Kier molecular flexibility index (Phi) is 3.74. The van der Waals surface area contributed by atoms with Crippen LogP contribution in [0.1, 0.15) is 34.2 Å². The van der Waals surface area contributed by atoms with Crippen molar-refractivity contribution in [2.45, 2.75) is 25.3 Å². The number of carbonyl (C=O) groups excluding carboxylic acids is 1.